The molecule has 2 saturated heterocycles. The number of carbonyl (C=O) groups excluding carboxylic acids is 2. The minimum absolute atomic E-state index is 0.104. The van der Waals surface area contributed by atoms with Gasteiger partial charge in [0, 0.05) is 19.6 Å². The second-order valence-electron chi connectivity index (χ2n) is 6.56. The summed E-state index contributed by atoms with van der Waals surface area (Å²) in [6.07, 6.45) is 2.69. The van der Waals surface area contributed by atoms with Crippen LogP contribution in [0.4, 0.5) is 4.39 Å². The van der Waals surface area contributed by atoms with Crippen LogP contribution in [-0.4, -0.2) is 65.6 Å². The molecule has 0 radical (unpaired) electrons. The van der Waals surface area contributed by atoms with Gasteiger partial charge >= 0.3 is 0 Å². The molecule has 25 heavy (non-hydrogen) atoms. The van der Waals surface area contributed by atoms with Crippen LogP contribution in [0.15, 0.2) is 18.2 Å². The highest BCUT2D eigenvalue weighted by molar-refractivity contribution is 6.01. The molecule has 2 aliphatic rings. The van der Waals surface area contributed by atoms with Crippen LogP contribution in [0.25, 0.3) is 0 Å². The zero-order valence-corrected chi connectivity index (χ0v) is 14.3. The average molecular weight is 350 g/mol. The predicted octanol–water partition coefficient (Wildman–Crippen LogP) is 1.42. The summed E-state index contributed by atoms with van der Waals surface area (Å²) in [6, 6.07) is 3.82. The van der Waals surface area contributed by atoms with Crippen molar-refractivity contribution in [1.29, 1.82) is 0 Å². The molecule has 0 aromatic heterocycles. The largest absolute Gasteiger partial charge is 0.496 e. The fourth-order valence-electron chi connectivity index (χ4n) is 4.05. The summed E-state index contributed by atoms with van der Waals surface area (Å²) in [4.78, 5) is 29.3. The number of ether oxygens (including phenoxy) is 1. The Morgan fingerprint density at radius 3 is 2.72 bits per heavy atom. The Bertz CT molecular complexity index is 679. The van der Waals surface area contributed by atoms with Crippen molar-refractivity contribution in [2.45, 2.75) is 31.2 Å². The molecule has 2 fully saturated rings. The van der Waals surface area contributed by atoms with Crippen LogP contribution in [0, 0.1) is 5.82 Å². The number of halogens is 1. The monoisotopic (exact) mass is 350 g/mol. The summed E-state index contributed by atoms with van der Waals surface area (Å²) in [7, 11) is 1.43. The first-order valence-electron chi connectivity index (χ1n) is 8.59. The number of likely N-dealkylation sites (tertiary alicyclic amines) is 2. The number of rotatable bonds is 4. The summed E-state index contributed by atoms with van der Waals surface area (Å²) in [6.45, 7) is 1.21. The lowest BCUT2D eigenvalue weighted by molar-refractivity contribution is -0.146. The maximum atomic E-state index is 13.7. The lowest BCUT2D eigenvalue weighted by Crippen LogP contribution is -2.61. The van der Waals surface area contributed by atoms with Crippen molar-refractivity contribution in [3.63, 3.8) is 0 Å². The maximum Gasteiger partial charge on any atom is 0.258 e. The Kier molecular flexibility index (Phi) is 4.94. The first kappa shape index (κ1) is 17.7. The summed E-state index contributed by atoms with van der Waals surface area (Å²) in [5.74, 6) is -0.722. The van der Waals surface area contributed by atoms with Crippen LogP contribution < -0.4 is 4.74 Å². The Morgan fingerprint density at radius 2 is 2.04 bits per heavy atom. The summed E-state index contributed by atoms with van der Waals surface area (Å²) >= 11 is 0. The summed E-state index contributed by atoms with van der Waals surface area (Å²) in [5, 5.41) is 9.19. The summed E-state index contributed by atoms with van der Waals surface area (Å²) in [5.41, 5.74) is -0.752. The van der Waals surface area contributed by atoms with Gasteiger partial charge in [0.25, 0.3) is 5.91 Å². The first-order valence-corrected chi connectivity index (χ1v) is 8.59. The van der Waals surface area contributed by atoms with E-state index in [1.165, 1.54) is 19.2 Å². The third-order valence-electron chi connectivity index (χ3n) is 5.20. The standard InChI is InChI=1S/C18H23FN2O4/c1-25-15-5-4-13(19)12-14(15)16(23)21-9-3-7-18(21)6-2-8-20(10-11-22)17(18)24/h4-5,12,22H,2-3,6-11H2,1H3. The van der Waals surface area contributed by atoms with Crippen LogP contribution in [-0.2, 0) is 4.79 Å². The van der Waals surface area contributed by atoms with Gasteiger partial charge in [-0.15, -0.1) is 0 Å². The zero-order valence-electron chi connectivity index (χ0n) is 14.3. The van der Waals surface area contributed by atoms with Crippen molar-refractivity contribution in [2.75, 3.05) is 33.4 Å². The third-order valence-corrected chi connectivity index (χ3v) is 5.20. The van der Waals surface area contributed by atoms with Gasteiger partial charge in [0.1, 0.15) is 17.1 Å². The number of piperidine rings is 1. The van der Waals surface area contributed by atoms with Crippen LogP contribution in [0.5, 0.6) is 5.75 Å². The molecular weight excluding hydrogens is 327 g/mol. The van der Waals surface area contributed by atoms with E-state index in [2.05, 4.69) is 0 Å². The number of methoxy groups -OCH3 is 1. The van der Waals surface area contributed by atoms with E-state index < -0.39 is 11.4 Å². The summed E-state index contributed by atoms with van der Waals surface area (Å²) < 4.78 is 18.9. The van der Waals surface area contributed by atoms with E-state index in [0.29, 0.717) is 31.7 Å². The first-order chi connectivity index (χ1) is 12.0. The van der Waals surface area contributed by atoms with Crippen molar-refractivity contribution in [3.05, 3.63) is 29.6 Å². The smallest absolute Gasteiger partial charge is 0.258 e. The molecule has 136 valence electrons. The molecule has 3 rings (SSSR count). The third kappa shape index (κ3) is 2.97. The number of hydrogen-bond donors (Lipinski definition) is 1. The fourth-order valence-corrected chi connectivity index (χ4v) is 4.05. The van der Waals surface area contributed by atoms with E-state index in [4.69, 9.17) is 4.74 Å². The number of β-amino-alcohol motifs (C(OH)–C–C–N with tert-alkyl or cyclic N) is 1. The SMILES string of the molecule is COc1ccc(F)cc1C(=O)N1CCCC12CCCN(CCO)C2=O. The van der Waals surface area contributed by atoms with Gasteiger partial charge < -0.3 is 19.6 Å². The Hall–Kier alpha value is -2.15. The highest BCUT2D eigenvalue weighted by Crippen LogP contribution is 2.40. The van der Waals surface area contributed by atoms with Crippen molar-refractivity contribution < 1.29 is 23.8 Å². The van der Waals surface area contributed by atoms with Crippen molar-refractivity contribution in [2.24, 2.45) is 0 Å². The quantitative estimate of drug-likeness (QED) is 0.892. The van der Waals surface area contributed by atoms with Gasteiger partial charge in [-0.3, -0.25) is 9.59 Å². The van der Waals surface area contributed by atoms with Crippen LogP contribution in [0.3, 0.4) is 0 Å². The number of aliphatic hydroxyl groups is 1. The topological polar surface area (TPSA) is 70.1 Å². The minimum atomic E-state index is -0.887. The highest BCUT2D eigenvalue weighted by atomic mass is 19.1. The van der Waals surface area contributed by atoms with Gasteiger partial charge in [-0.1, -0.05) is 0 Å². The lowest BCUT2D eigenvalue weighted by atomic mass is 9.85. The van der Waals surface area contributed by atoms with E-state index in [0.717, 1.165) is 18.9 Å². The van der Waals surface area contributed by atoms with Gasteiger partial charge in [-0.2, -0.15) is 0 Å². The van der Waals surface area contributed by atoms with Gasteiger partial charge in [0.2, 0.25) is 5.91 Å². The Morgan fingerprint density at radius 1 is 1.32 bits per heavy atom. The van der Waals surface area contributed by atoms with E-state index in [1.807, 2.05) is 0 Å². The molecule has 2 aliphatic heterocycles. The number of benzene rings is 1. The molecule has 2 amide bonds. The van der Waals surface area contributed by atoms with E-state index in [9.17, 15) is 19.1 Å². The molecule has 1 unspecified atom stereocenters. The fraction of sp³-hybridized carbons (Fsp3) is 0.556. The molecule has 7 heteroatoms. The Labute approximate surface area is 146 Å². The molecule has 1 aromatic carbocycles. The molecule has 0 bridgehead atoms. The van der Waals surface area contributed by atoms with E-state index >= 15 is 0 Å². The molecule has 1 aromatic rings. The molecule has 6 nitrogen and oxygen atoms in total. The second kappa shape index (κ2) is 7.00. The van der Waals surface area contributed by atoms with Crippen molar-refractivity contribution in [1.82, 2.24) is 9.80 Å². The van der Waals surface area contributed by atoms with Crippen LogP contribution >= 0.6 is 0 Å². The van der Waals surface area contributed by atoms with Crippen molar-refractivity contribution >= 4 is 11.8 Å². The molecular formula is C18H23FN2O4. The number of nitrogens with zero attached hydrogens (tertiary/aromatic N) is 2. The van der Waals surface area contributed by atoms with E-state index in [1.54, 1.807) is 9.80 Å². The number of hydrogen-bond acceptors (Lipinski definition) is 4. The number of carbonyl (C=O) groups is 2. The van der Waals surface area contributed by atoms with E-state index in [-0.39, 0.29) is 30.5 Å². The van der Waals surface area contributed by atoms with Crippen LogP contribution in [0.1, 0.15) is 36.0 Å². The molecule has 2 heterocycles. The Balaban J connectivity index is 1.95. The normalized spacial score (nSPS) is 23.4. The average Bonchev–Trinajstić information content (AvgIpc) is 3.03. The predicted molar refractivity (Wildman–Crippen MR) is 88.9 cm³/mol. The zero-order chi connectivity index (χ0) is 18.0. The molecule has 1 spiro atoms. The van der Waals surface area contributed by atoms with Gasteiger partial charge in [0.05, 0.1) is 19.3 Å². The van der Waals surface area contributed by atoms with Crippen LogP contribution in [0.2, 0.25) is 0 Å². The molecule has 0 saturated carbocycles. The second-order valence-corrected chi connectivity index (χ2v) is 6.56. The van der Waals surface area contributed by atoms with Crippen molar-refractivity contribution in [3.8, 4) is 5.75 Å². The van der Waals surface area contributed by atoms with Gasteiger partial charge in [-0.25, -0.2) is 4.39 Å². The minimum Gasteiger partial charge on any atom is -0.496 e. The van der Waals surface area contributed by atoms with Gasteiger partial charge in [0.15, 0.2) is 0 Å². The molecule has 1 N–H and O–H groups in total. The maximum absolute atomic E-state index is 13.7. The van der Waals surface area contributed by atoms with Gasteiger partial charge in [-0.05, 0) is 43.9 Å². The lowest BCUT2D eigenvalue weighted by Gasteiger charge is -2.44. The number of amides is 2. The highest BCUT2D eigenvalue weighted by Gasteiger charge is 2.52. The number of aliphatic hydroxyl groups excluding tert-OH is 1. The molecule has 0 aliphatic carbocycles. The molecule has 1 atom stereocenters.